The molecule has 17 heavy (non-hydrogen) atoms. The van der Waals surface area contributed by atoms with Gasteiger partial charge in [-0.05, 0) is 12.8 Å². The molecule has 0 heterocycles. The van der Waals surface area contributed by atoms with E-state index in [1.807, 2.05) is 0 Å². The molecule has 10 heteroatoms. The molecule has 0 aliphatic rings. The lowest BCUT2D eigenvalue weighted by Crippen LogP contribution is -2.36. The lowest BCUT2D eigenvalue weighted by Gasteiger charge is -2.07. The van der Waals surface area contributed by atoms with Gasteiger partial charge >= 0.3 is 5.97 Å². The molecule has 100 valence electrons. The van der Waals surface area contributed by atoms with Gasteiger partial charge in [-0.2, -0.15) is 0 Å². The number of halogens is 1. The number of nitrogens with one attached hydrogen (secondary N) is 1. The number of nitrogens with two attached hydrogens (primary N) is 2. The lowest BCUT2D eigenvalue weighted by atomic mass is 10.2. The first-order valence-corrected chi connectivity index (χ1v) is 4.51. The Labute approximate surface area is 104 Å². The summed E-state index contributed by atoms with van der Waals surface area (Å²) in [4.78, 5) is 24.5. The zero-order chi connectivity index (χ0) is 12.6. The standard InChI is InChI=1S/C7H15N5O4.ClH/c1-16-6(13)5(8)3-2-4-10-7(9)11-12(14)15;/h5H,2-4,8H2,1H3,(H3,9,10,11);1H. The Morgan fingerprint density at radius 1 is 1.65 bits per heavy atom. The molecule has 0 amide bonds. The van der Waals surface area contributed by atoms with Crippen LogP contribution in [-0.2, 0) is 9.53 Å². The predicted octanol–water partition coefficient (Wildman–Crippen LogP) is -1.22. The number of ether oxygens (including phenoxy) is 1. The van der Waals surface area contributed by atoms with E-state index in [-0.39, 0.29) is 24.9 Å². The van der Waals surface area contributed by atoms with Crippen molar-refractivity contribution in [1.29, 1.82) is 0 Å². The summed E-state index contributed by atoms with van der Waals surface area (Å²) in [6.45, 7) is 0.247. The van der Waals surface area contributed by atoms with Gasteiger partial charge in [0.1, 0.15) is 6.04 Å². The average molecular weight is 270 g/mol. The SMILES string of the molecule is COC(=O)C(N)CCCN=C(N)N[N+](=O)[O-].Cl. The third kappa shape index (κ3) is 9.33. The molecular weight excluding hydrogens is 254 g/mol. The number of esters is 1. The molecule has 5 N–H and O–H groups in total. The summed E-state index contributed by atoms with van der Waals surface area (Å²) in [6.07, 6.45) is 0.859. The second kappa shape index (κ2) is 9.60. The van der Waals surface area contributed by atoms with Gasteiger partial charge in [-0.25, -0.2) is 15.1 Å². The molecule has 0 rings (SSSR count). The number of hydrogen-bond donors (Lipinski definition) is 3. The van der Waals surface area contributed by atoms with Crippen molar-refractivity contribution in [3.63, 3.8) is 0 Å². The van der Waals surface area contributed by atoms with E-state index >= 15 is 0 Å². The van der Waals surface area contributed by atoms with Gasteiger partial charge in [0.15, 0.2) is 5.03 Å². The van der Waals surface area contributed by atoms with Crippen LogP contribution in [0, 0.1) is 10.1 Å². The maximum absolute atomic E-state index is 10.9. The zero-order valence-electron chi connectivity index (χ0n) is 9.29. The molecule has 0 aliphatic carbocycles. The fourth-order valence-electron chi connectivity index (χ4n) is 0.909. The quantitative estimate of drug-likeness (QED) is 0.137. The van der Waals surface area contributed by atoms with Gasteiger partial charge in [0.2, 0.25) is 0 Å². The Morgan fingerprint density at radius 2 is 2.24 bits per heavy atom. The molecule has 0 radical (unpaired) electrons. The summed E-state index contributed by atoms with van der Waals surface area (Å²) >= 11 is 0. The van der Waals surface area contributed by atoms with E-state index in [2.05, 4.69) is 9.73 Å². The van der Waals surface area contributed by atoms with Gasteiger partial charge in [0, 0.05) is 6.54 Å². The summed E-state index contributed by atoms with van der Waals surface area (Å²) in [5.41, 5.74) is 12.3. The van der Waals surface area contributed by atoms with Crippen LogP contribution in [0.3, 0.4) is 0 Å². The first-order chi connectivity index (χ1) is 7.47. The Morgan fingerprint density at radius 3 is 2.71 bits per heavy atom. The smallest absolute Gasteiger partial charge is 0.322 e. The van der Waals surface area contributed by atoms with E-state index in [9.17, 15) is 14.9 Å². The number of aliphatic imine (C=N–C) groups is 1. The molecule has 0 saturated heterocycles. The third-order valence-electron chi connectivity index (χ3n) is 1.67. The molecule has 0 bridgehead atoms. The molecule has 0 fully saturated rings. The second-order valence-corrected chi connectivity index (χ2v) is 2.91. The van der Waals surface area contributed by atoms with Crippen LogP contribution in [0.4, 0.5) is 0 Å². The highest BCUT2D eigenvalue weighted by atomic mass is 35.5. The van der Waals surface area contributed by atoms with Gasteiger partial charge in [-0.15, -0.1) is 12.4 Å². The van der Waals surface area contributed by atoms with Crippen molar-refractivity contribution in [2.24, 2.45) is 16.5 Å². The topological polar surface area (TPSA) is 146 Å². The van der Waals surface area contributed by atoms with Crippen LogP contribution >= 0.6 is 12.4 Å². The maximum atomic E-state index is 10.9. The molecule has 9 nitrogen and oxygen atoms in total. The molecule has 0 saturated carbocycles. The number of rotatable bonds is 6. The first-order valence-electron chi connectivity index (χ1n) is 4.51. The van der Waals surface area contributed by atoms with Crippen molar-refractivity contribution in [3.05, 3.63) is 10.1 Å². The fourth-order valence-corrected chi connectivity index (χ4v) is 0.909. The number of carbonyl (C=O) groups excluding carboxylic acids is 1. The van der Waals surface area contributed by atoms with Crippen LogP contribution in [0.5, 0.6) is 0 Å². The minimum Gasteiger partial charge on any atom is -0.468 e. The van der Waals surface area contributed by atoms with Crippen molar-refractivity contribution >= 4 is 24.3 Å². The van der Waals surface area contributed by atoms with Crippen molar-refractivity contribution in [3.8, 4) is 0 Å². The summed E-state index contributed by atoms with van der Waals surface area (Å²) in [7, 11) is 1.25. The van der Waals surface area contributed by atoms with Gasteiger partial charge in [0.25, 0.3) is 5.96 Å². The molecule has 0 aromatic rings. The van der Waals surface area contributed by atoms with E-state index in [0.29, 0.717) is 12.8 Å². The first kappa shape index (κ1) is 17.8. The lowest BCUT2D eigenvalue weighted by molar-refractivity contribution is -0.525. The highest BCUT2D eigenvalue weighted by molar-refractivity contribution is 5.85. The molecule has 1 atom stereocenters. The normalized spacial score (nSPS) is 12.2. The van der Waals surface area contributed by atoms with Crippen molar-refractivity contribution in [2.45, 2.75) is 18.9 Å². The zero-order valence-corrected chi connectivity index (χ0v) is 10.1. The van der Waals surface area contributed by atoms with E-state index in [1.54, 1.807) is 5.43 Å². The summed E-state index contributed by atoms with van der Waals surface area (Å²) in [5, 5.41) is 9.12. The van der Waals surface area contributed by atoms with Gasteiger partial charge < -0.3 is 16.2 Å². The highest BCUT2D eigenvalue weighted by Crippen LogP contribution is 1.96. The van der Waals surface area contributed by atoms with Crippen LogP contribution in [0.1, 0.15) is 12.8 Å². The Kier molecular flexibility index (Phi) is 10.0. The van der Waals surface area contributed by atoms with Crippen LogP contribution in [0.25, 0.3) is 0 Å². The molecule has 0 aromatic heterocycles. The van der Waals surface area contributed by atoms with E-state index in [4.69, 9.17) is 11.5 Å². The minimum absolute atomic E-state index is 0. The fraction of sp³-hybridized carbons (Fsp3) is 0.714. The summed E-state index contributed by atoms with van der Waals surface area (Å²) in [5.74, 6) is -0.781. The monoisotopic (exact) mass is 269 g/mol. The molecule has 1 unspecified atom stereocenters. The summed E-state index contributed by atoms with van der Waals surface area (Å²) < 4.78 is 4.42. The number of guanidine groups is 1. The van der Waals surface area contributed by atoms with E-state index < -0.39 is 17.0 Å². The third-order valence-corrected chi connectivity index (χ3v) is 1.67. The average Bonchev–Trinajstić information content (AvgIpc) is 2.21. The number of nitro groups is 1. The van der Waals surface area contributed by atoms with E-state index in [0.717, 1.165) is 0 Å². The highest BCUT2D eigenvalue weighted by Gasteiger charge is 2.12. The van der Waals surface area contributed by atoms with Crippen LogP contribution in [0.2, 0.25) is 0 Å². The van der Waals surface area contributed by atoms with Crippen LogP contribution in [-0.4, -0.2) is 36.7 Å². The largest absolute Gasteiger partial charge is 0.468 e. The second-order valence-electron chi connectivity index (χ2n) is 2.91. The molecule has 0 spiro atoms. The van der Waals surface area contributed by atoms with Gasteiger partial charge in [0.05, 0.1) is 7.11 Å². The Bertz CT molecular complexity index is 285. The van der Waals surface area contributed by atoms with Crippen molar-refractivity contribution in [2.75, 3.05) is 13.7 Å². The molecule has 0 aromatic carbocycles. The Balaban J connectivity index is 0. The van der Waals surface area contributed by atoms with E-state index in [1.165, 1.54) is 7.11 Å². The number of hydrogen-bond acceptors (Lipinski definition) is 6. The molecular formula is C7H16ClN5O4. The number of nitrogens with zero attached hydrogens (tertiary/aromatic N) is 2. The Hall–Kier alpha value is -1.61. The number of carbonyl (C=O) groups is 1. The van der Waals surface area contributed by atoms with Crippen molar-refractivity contribution < 1.29 is 14.6 Å². The molecule has 0 aliphatic heterocycles. The summed E-state index contributed by atoms with van der Waals surface area (Å²) in [6, 6.07) is -0.704. The number of hydrazine groups is 1. The van der Waals surface area contributed by atoms with Gasteiger partial charge in [-0.1, -0.05) is 5.43 Å². The van der Waals surface area contributed by atoms with Gasteiger partial charge in [-0.3, -0.25) is 4.79 Å². The van der Waals surface area contributed by atoms with Crippen LogP contribution in [0.15, 0.2) is 4.99 Å². The van der Waals surface area contributed by atoms with Crippen LogP contribution < -0.4 is 16.9 Å². The maximum Gasteiger partial charge on any atom is 0.322 e. The minimum atomic E-state index is -0.807. The number of methoxy groups -OCH3 is 1. The predicted molar refractivity (Wildman–Crippen MR) is 63.1 cm³/mol. The van der Waals surface area contributed by atoms with Crippen molar-refractivity contribution in [1.82, 2.24) is 5.43 Å².